The van der Waals surface area contributed by atoms with Crippen molar-refractivity contribution in [1.82, 2.24) is 4.98 Å². The summed E-state index contributed by atoms with van der Waals surface area (Å²) >= 11 is 5.69. The van der Waals surface area contributed by atoms with Crippen molar-refractivity contribution < 1.29 is 13.5 Å². The van der Waals surface area contributed by atoms with Crippen LogP contribution in [-0.4, -0.2) is 4.98 Å². The van der Waals surface area contributed by atoms with Gasteiger partial charge < -0.3 is 10.2 Å². The van der Waals surface area contributed by atoms with Crippen LogP contribution >= 0.6 is 11.6 Å². The average Bonchev–Trinajstić information content (AvgIpc) is 2.35. The van der Waals surface area contributed by atoms with E-state index in [1.807, 2.05) is 5.43 Å². The van der Waals surface area contributed by atoms with Crippen LogP contribution in [0.1, 0.15) is 0 Å². The highest BCUT2D eigenvalue weighted by Crippen LogP contribution is 2.26. The molecule has 1 aromatic carbocycles. The number of hydrogen-bond donors (Lipinski definition) is 2. The summed E-state index contributed by atoms with van der Waals surface area (Å²) in [6.07, 6.45) is 0. The number of rotatable bonds is 3. The van der Waals surface area contributed by atoms with Gasteiger partial charge in [0.05, 0.1) is 0 Å². The number of halogens is 3. The van der Waals surface area contributed by atoms with Gasteiger partial charge in [-0.05, 0) is 24.3 Å². The van der Waals surface area contributed by atoms with Crippen molar-refractivity contribution in [3.63, 3.8) is 0 Å². The van der Waals surface area contributed by atoms with Gasteiger partial charge in [0, 0.05) is 11.1 Å². The molecule has 0 spiro atoms. The van der Waals surface area contributed by atoms with Crippen molar-refractivity contribution in [3.05, 3.63) is 47.0 Å². The summed E-state index contributed by atoms with van der Waals surface area (Å²) in [5.74, 6) is 2.83. The number of hydrogen-bond acceptors (Lipinski definition) is 4. The molecule has 0 aliphatic carbocycles. The Kier molecular flexibility index (Phi) is 3.59. The van der Waals surface area contributed by atoms with Crippen molar-refractivity contribution >= 4 is 17.4 Å². The molecule has 0 amide bonds. The van der Waals surface area contributed by atoms with E-state index in [0.29, 0.717) is 16.8 Å². The summed E-state index contributed by atoms with van der Waals surface area (Å²) in [7, 11) is 0. The van der Waals surface area contributed by atoms with Crippen molar-refractivity contribution in [2.24, 2.45) is 5.84 Å². The maximum atomic E-state index is 13.4. The van der Waals surface area contributed by atoms with Crippen LogP contribution in [0.25, 0.3) is 0 Å². The Balaban J connectivity index is 2.31. The van der Waals surface area contributed by atoms with E-state index in [0.717, 1.165) is 0 Å². The molecule has 0 radical (unpaired) electrons. The number of anilines is 1. The van der Waals surface area contributed by atoms with Gasteiger partial charge in [-0.3, -0.25) is 0 Å². The third-order valence-electron chi connectivity index (χ3n) is 2.06. The lowest BCUT2D eigenvalue weighted by atomic mass is 10.3. The summed E-state index contributed by atoms with van der Waals surface area (Å²) < 4.78 is 31.7. The highest BCUT2D eigenvalue weighted by Gasteiger charge is 2.13. The first-order chi connectivity index (χ1) is 8.60. The van der Waals surface area contributed by atoms with Crippen LogP contribution in [0.15, 0.2) is 30.3 Å². The van der Waals surface area contributed by atoms with Gasteiger partial charge >= 0.3 is 0 Å². The topological polar surface area (TPSA) is 60.2 Å². The number of pyridine rings is 1. The summed E-state index contributed by atoms with van der Waals surface area (Å²) in [5.41, 5.74) is 2.00. The highest BCUT2D eigenvalue weighted by atomic mass is 35.5. The molecule has 0 unspecified atom stereocenters. The van der Waals surface area contributed by atoms with Gasteiger partial charge in [-0.1, -0.05) is 11.6 Å². The van der Waals surface area contributed by atoms with E-state index in [2.05, 4.69) is 4.98 Å². The molecule has 0 saturated carbocycles. The number of hydrazine groups is 1. The van der Waals surface area contributed by atoms with Crippen molar-refractivity contribution in [1.29, 1.82) is 0 Å². The second kappa shape index (κ2) is 5.16. The summed E-state index contributed by atoms with van der Waals surface area (Å²) in [6, 6.07) is 6.83. The molecule has 94 valence electrons. The van der Waals surface area contributed by atoms with E-state index < -0.39 is 11.6 Å². The van der Waals surface area contributed by atoms with E-state index in [1.165, 1.54) is 12.1 Å². The minimum Gasteiger partial charge on any atom is -0.436 e. The molecule has 1 aromatic heterocycles. The molecule has 4 nitrogen and oxygen atoms in total. The molecular formula is C11H8ClF2N3O. The van der Waals surface area contributed by atoms with Gasteiger partial charge in [0.2, 0.25) is 0 Å². The van der Waals surface area contributed by atoms with E-state index in [-0.39, 0.29) is 11.7 Å². The first-order valence-electron chi connectivity index (χ1n) is 4.86. The van der Waals surface area contributed by atoms with Gasteiger partial charge in [-0.15, -0.1) is 0 Å². The van der Waals surface area contributed by atoms with Crippen LogP contribution < -0.4 is 16.0 Å². The molecule has 2 rings (SSSR count). The minimum atomic E-state index is -0.929. The lowest BCUT2D eigenvalue weighted by molar-refractivity contribution is 0.418. The Morgan fingerprint density at radius 1 is 1.17 bits per heavy atom. The van der Waals surface area contributed by atoms with E-state index in [9.17, 15) is 8.78 Å². The number of benzene rings is 1. The minimum absolute atomic E-state index is 0.305. The lowest BCUT2D eigenvalue weighted by Crippen LogP contribution is -2.11. The number of aromatic nitrogens is 1. The Morgan fingerprint density at radius 2 is 1.83 bits per heavy atom. The van der Waals surface area contributed by atoms with Crippen LogP contribution in [0.5, 0.6) is 11.6 Å². The maximum Gasteiger partial charge on any atom is 0.258 e. The fourth-order valence-electron chi connectivity index (χ4n) is 1.24. The lowest BCUT2D eigenvalue weighted by Gasteiger charge is -2.08. The molecule has 1 heterocycles. The Morgan fingerprint density at radius 3 is 2.44 bits per heavy atom. The van der Waals surface area contributed by atoms with Crippen LogP contribution in [0.2, 0.25) is 5.02 Å². The van der Waals surface area contributed by atoms with Crippen molar-refractivity contribution in [3.8, 4) is 11.6 Å². The quantitative estimate of drug-likeness (QED) is 0.665. The predicted molar refractivity (Wildman–Crippen MR) is 63.5 cm³/mol. The molecule has 3 N–H and O–H groups in total. The van der Waals surface area contributed by atoms with Gasteiger partial charge in [0.25, 0.3) is 5.88 Å². The summed E-state index contributed by atoms with van der Waals surface area (Å²) in [4.78, 5) is 3.57. The van der Waals surface area contributed by atoms with Crippen molar-refractivity contribution in [2.75, 3.05) is 5.43 Å². The van der Waals surface area contributed by atoms with Gasteiger partial charge in [0.1, 0.15) is 5.75 Å². The molecule has 2 aromatic rings. The second-order valence-corrected chi connectivity index (χ2v) is 3.74. The average molecular weight is 272 g/mol. The predicted octanol–water partition coefficient (Wildman–Crippen LogP) is 3.09. The van der Waals surface area contributed by atoms with Gasteiger partial charge in [-0.25, -0.2) is 14.6 Å². The number of nitrogen functional groups attached to an aromatic ring is 1. The number of nitrogens with two attached hydrogens (primary N) is 1. The molecule has 0 saturated heterocycles. The number of nitrogens with one attached hydrogen (secondary N) is 1. The number of ether oxygens (including phenoxy) is 1. The standard InChI is InChI=1S/C11H8ClF2N3O/c12-6-1-3-7(4-2-6)18-11-9(14)5-8(13)10(16-11)17-15/h1-5H,15H2,(H,16,17). The molecule has 0 aliphatic heterocycles. The van der Waals surface area contributed by atoms with E-state index >= 15 is 0 Å². The molecule has 7 heteroatoms. The number of nitrogens with zero attached hydrogens (tertiary/aromatic N) is 1. The van der Waals surface area contributed by atoms with Crippen LogP contribution in [-0.2, 0) is 0 Å². The zero-order valence-electron chi connectivity index (χ0n) is 8.95. The Bertz CT molecular complexity index is 563. The zero-order chi connectivity index (χ0) is 13.1. The molecule has 0 fully saturated rings. The largest absolute Gasteiger partial charge is 0.436 e. The van der Waals surface area contributed by atoms with Gasteiger partial charge in [0.15, 0.2) is 17.5 Å². The smallest absolute Gasteiger partial charge is 0.258 e. The highest BCUT2D eigenvalue weighted by molar-refractivity contribution is 6.30. The fraction of sp³-hybridized carbons (Fsp3) is 0. The SMILES string of the molecule is NNc1nc(Oc2ccc(Cl)cc2)c(F)cc1F. The van der Waals surface area contributed by atoms with Crippen LogP contribution in [0, 0.1) is 11.6 Å². The van der Waals surface area contributed by atoms with E-state index in [4.69, 9.17) is 22.2 Å². The van der Waals surface area contributed by atoms with E-state index in [1.54, 1.807) is 12.1 Å². The molecule has 0 aliphatic rings. The molecule has 0 atom stereocenters. The van der Waals surface area contributed by atoms with Gasteiger partial charge in [-0.2, -0.15) is 4.98 Å². The monoisotopic (exact) mass is 271 g/mol. The summed E-state index contributed by atoms with van der Waals surface area (Å²) in [6.45, 7) is 0. The van der Waals surface area contributed by atoms with Crippen molar-refractivity contribution in [2.45, 2.75) is 0 Å². The second-order valence-electron chi connectivity index (χ2n) is 3.31. The normalized spacial score (nSPS) is 10.2. The van der Waals surface area contributed by atoms with Crippen LogP contribution in [0.3, 0.4) is 0 Å². The zero-order valence-corrected chi connectivity index (χ0v) is 9.71. The molecular weight excluding hydrogens is 264 g/mol. The summed E-state index contributed by atoms with van der Waals surface area (Å²) in [5, 5.41) is 0.513. The Hall–Kier alpha value is -1.92. The molecule has 0 bridgehead atoms. The third kappa shape index (κ3) is 2.66. The third-order valence-corrected chi connectivity index (χ3v) is 2.31. The Labute approximate surface area is 106 Å². The fourth-order valence-corrected chi connectivity index (χ4v) is 1.36. The first kappa shape index (κ1) is 12.5. The maximum absolute atomic E-state index is 13.4. The first-order valence-corrected chi connectivity index (χ1v) is 5.24. The molecule has 18 heavy (non-hydrogen) atoms. The van der Waals surface area contributed by atoms with Crippen LogP contribution in [0.4, 0.5) is 14.6 Å².